The van der Waals surface area contributed by atoms with Crippen molar-refractivity contribution in [3.05, 3.63) is 24.4 Å². The smallest absolute Gasteiger partial charge is 0.310 e. The molecule has 6 atom stereocenters. The van der Waals surface area contributed by atoms with Gasteiger partial charge in [0.15, 0.2) is 0 Å². The number of epoxide rings is 1. The third-order valence-electron chi connectivity index (χ3n) is 8.88. The molecule has 2 aliphatic carbocycles. The summed E-state index contributed by atoms with van der Waals surface area (Å²) in [6, 6.07) is 6.08. The van der Waals surface area contributed by atoms with Gasteiger partial charge in [-0.05, 0) is 55.6 Å². The van der Waals surface area contributed by atoms with Crippen LogP contribution >= 0.6 is 0 Å². The fourth-order valence-electron chi connectivity index (χ4n) is 7.14. The van der Waals surface area contributed by atoms with Gasteiger partial charge in [0.05, 0.1) is 18.1 Å². The maximum atomic E-state index is 12.9. The summed E-state index contributed by atoms with van der Waals surface area (Å²) in [7, 11) is 0. The Morgan fingerprint density at radius 2 is 2.03 bits per heavy atom. The highest BCUT2D eigenvalue weighted by Gasteiger charge is 2.65. The lowest BCUT2D eigenvalue weighted by Gasteiger charge is -2.51. The molecule has 0 radical (unpaired) electrons. The molecule has 3 aliphatic heterocycles. The van der Waals surface area contributed by atoms with Crippen LogP contribution in [0, 0.1) is 23.2 Å². The van der Waals surface area contributed by atoms with E-state index in [2.05, 4.69) is 27.8 Å². The highest BCUT2D eigenvalue weighted by molar-refractivity contribution is 5.75. The van der Waals surface area contributed by atoms with Crippen LogP contribution in [0.2, 0.25) is 0 Å². The summed E-state index contributed by atoms with van der Waals surface area (Å²) in [4.78, 5) is 22.2. The van der Waals surface area contributed by atoms with Crippen molar-refractivity contribution in [1.29, 1.82) is 0 Å². The molecule has 0 unspecified atom stereocenters. The lowest BCUT2D eigenvalue weighted by molar-refractivity contribution is -0.147. The largest absolute Gasteiger partial charge is 0.462 e. The second-order valence-corrected chi connectivity index (χ2v) is 10.6. The number of aromatic nitrogens is 1. The molecule has 3 saturated heterocycles. The minimum absolute atomic E-state index is 0.0266. The van der Waals surface area contributed by atoms with E-state index in [1.54, 1.807) is 0 Å². The fraction of sp³-hybridized carbons (Fsp3) is 0.750. The van der Waals surface area contributed by atoms with Crippen LogP contribution in [-0.2, 0) is 14.3 Å². The Labute approximate surface area is 178 Å². The molecule has 5 fully saturated rings. The first kappa shape index (κ1) is 19.1. The molecular formula is C24H33N3O3. The van der Waals surface area contributed by atoms with E-state index in [0.29, 0.717) is 11.8 Å². The maximum Gasteiger partial charge on any atom is 0.310 e. The Morgan fingerprint density at radius 1 is 1.20 bits per heavy atom. The van der Waals surface area contributed by atoms with Gasteiger partial charge in [0.1, 0.15) is 11.9 Å². The highest BCUT2D eigenvalue weighted by atomic mass is 16.6. The number of pyridine rings is 1. The number of esters is 1. The molecule has 1 aromatic heterocycles. The van der Waals surface area contributed by atoms with Gasteiger partial charge in [0.2, 0.25) is 0 Å². The molecule has 162 valence electrons. The first-order valence-electron chi connectivity index (χ1n) is 11.8. The van der Waals surface area contributed by atoms with Crippen molar-refractivity contribution in [2.45, 2.75) is 50.7 Å². The number of anilines is 1. The van der Waals surface area contributed by atoms with E-state index in [-0.39, 0.29) is 29.0 Å². The summed E-state index contributed by atoms with van der Waals surface area (Å²) in [5.74, 6) is 2.08. The molecule has 5 aliphatic rings. The molecule has 30 heavy (non-hydrogen) atoms. The number of piperazine rings is 1. The van der Waals surface area contributed by atoms with Crippen LogP contribution in [0.5, 0.6) is 0 Å². The Bertz CT molecular complexity index is 805. The Hall–Kier alpha value is -1.66. The highest BCUT2D eigenvalue weighted by Crippen LogP contribution is 2.62. The maximum absolute atomic E-state index is 12.9. The first-order valence-corrected chi connectivity index (χ1v) is 11.8. The average Bonchev–Trinajstić information content (AvgIpc) is 3.46. The summed E-state index contributed by atoms with van der Waals surface area (Å²) in [5.41, 5.74) is 0.405. The van der Waals surface area contributed by atoms with Crippen molar-refractivity contribution in [2.75, 3.05) is 44.2 Å². The van der Waals surface area contributed by atoms with Crippen LogP contribution in [0.15, 0.2) is 24.4 Å². The van der Waals surface area contributed by atoms with E-state index in [4.69, 9.17) is 9.47 Å². The number of hydrogen-bond acceptors (Lipinski definition) is 6. The van der Waals surface area contributed by atoms with Gasteiger partial charge in [-0.1, -0.05) is 13.0 Å². The van der Waals surface area contributed by atoms with Gasteiger partial charge in [-0.15, -0.1) is 0 Å². The standard InChI is InChI=1S/C24H33N3O3/c1-23-6-4-7-24(16-29-24)20(23)13-17-18(22(28)30-19(17)14-23)15-26-9-11-27(12-10-26)21-5-2-3-8-25-21/h2-3,5,8,17-20H,4,6-7,9-16H2,1H3/t17-,18-,19-,20+,23-,24+/m1/s1. The lowest BCUT2D eigenvalue weighted by Crippen LogP contribution is -2.52. The number of carbonyl (C=O) groups excluding carboxylic acids is 1. The van der Waals surface area contributed by atoms with Gasteiger partial charge in [-0.2, -0.15) is 0 Å². The van der Waals surface area contributed by atoms with Crippen LogP contribution < -0.4 is 4.90 Å². The van der Waals surface area contributed by atoms with Gasteiger partial charge in [0, 0.05) is 44.8 Å². The quantitative estimate of drug-likeness (QED) is 0.563. The van der Waals surface area contributed by atoms with Gasteiger partial charge in [-0.25, -0.2) is 4.98 Å². The molecular weight excluding hydrogens is 378 g/mol. The number of nitrogens with zero attached hydrogens (tertiary/aromatic N) is 3. The molecule has 6 heteroatoms. The van der Waals surface area contributed by atoms with Gasteiger partial charge < -0.3 is 14.4 Å². The lowest BCUT2D eigenvalue weighted by atomic mass is 9.53. The van der Waals surface area contributed by atoms with E-state index in [1.807, 2.05) is 18.3 Å². The second-order valence-electron chi connectivity index (χ2n) is 10.6. The topological polar surface area (TPSA) is 58.2 Å². The Balaban J connectivity index is 1.12. The van der Waals surface area contributed by atoms with Gasteiger partial charge in [0.25, 0.3) is 0 Å². The predicted molar refractivity (Wildman–Crippen MR) is 113 cm³/mol. The van der Waals surface area contributed by atoms with Crippen molar-refractivity contribution >= 4 is 11.8 Å². The number of fused-ring (bicyclic) bond motifs is 3. The molecule has 1 aromatic rings. The van der Waals surface area contributed by atoms with E-state index >= 15 is 0 Å². The number of rotatable bonds is 3. The summed E-state index contributed by atoms with van der Waals surface area (Å²) < 4.78 is 12.0. The molecule has 0 bridgehead atoms. The summed E-state index contributed by atoms with van der Waals surface area (Å²) in [5, 5.41) is 0. The first-order chi connectivity index (χ1) is 14.6. The molecule has 0 amide bonds. The number of hydrogen-bond donors (Lipinski definition) is 0. The zero-order valence-electron chi connectivity index (χ0n) is 18.0. The van der Waals surface area contributed by atoms with E-state index in [9.17, 15) is 4.79 Å². The van der Waals surface area contributed by atoms with E-state index in [0.717, 1.165) is 58.0 Å². The number of carbonyl (C=O) groups is 1. The molecule has 0 N–H and O–H groups in total. The average molecular weight is 412 g/mol. The third-order valence-corrected chi connectivity index (χ3v) is 8.88. The second kappa shape index (κ2) is 6.92. The van der Waals surface area contributed by atoms with Crippen molar-refractivity contribution in [2.24, 2.45) is 23.2 Å². The third kappa shape index (κ3) is 3.06. The predicted octanol–water partition coefficient (Wildman–Crippen LogP) is 2.73. The van der Waals surface area contributed by atoms with Crippen LogP contribution in [0.25, 0.3) is 0 Å². The van der Waals surface area contributed by atoms with Crippen molar-refractivity contribution in [3.63, 3.8) is 0 Å². The minimum atomic E-state index is 0.0266. The van der Waals surface area contributed by atoms with Crippen molar-refractivity contribution < 1.29 is 14.3 Å². The summed E-state index contributed by atoms with van der Waals surface area (Å²) in [6.07, 6.45) is 7.82. The number of ether oxygens (including phenoxy) is 2. The Kier molecular flexibility index (Phi) is 4.40. The molecule has 1 spiro atoms. The van der Waals surface area contributed by atoms with Crippen LogP contribution in [0.3, 0.4) is 0 Å². The fourth-order valence-corrected chi connectivity index (χ4v) is 7.14. The van der Waals surface area contributed by atoms with Crippen LogP contribution in [0.4, 0.5) is 5.82 Å². The molecule has 2 saturated carbocycles. The zero-order valence-corrected chi connectivity index (χ0v) is 18.0. The Morgan fingerprint density at radius 3 is 2.77 bits per heavy atom. The monoisotopic (exact) mass is 411 g/mol. The van der Waals surface area contributed by atoms with Crippen LogP contribution in [-0.4, -0.2) is 66.9 Å². The molecule has 0 aromatic carbocycles. The summed E-state index contributed by atoms with van der Waals surface area (Å²) in [6.45, 7) is 8.08. The van der Waals surface area contributed by atoms with E-state index in [1.165, 1.54) is 19.3 Å². The molecule has 6 nitrogen and oxygen atoms in total. The van der Waals surface area contributed by atoms with E-state index < -0.39 is 0 Å². The SMILES string of the molecule is C[C@]12CCC[C@]3(CO3)[C@H]1C[C@H]1[C@@H](C2)OC(=O)[C@@H]1CN1CCN(c2ccccn2)CC1. The van der Waals surface area contributed by atoms with Gasteiger partial charge >= 0.3 is 5.97 Å². The normalized spacial score (nSPS) is 43.2. The summed E-state index contributed by atoms with van der Waals surface area (Å²) >= 11 is 0. The minimum Gasteiger partial charge on any atom is -0.462 e. The van der Waals surface area contributed by atoms with Crippen LogP contribution in [0.1, 0.15) is 39.0 Å². The molecule has 4 heterocycles. The van der Waals surface area contributed by atoms with Crippen molar-refractivity contribution in [3.8, 4) is 0 Å². The van der Waals surface area contributed by atoms with Gasteiger partial charge in [-0.3, -0.25) is 9.69 Å². The zero-order chi connectivity index (χ0) is 20.3. The van der Waals surface area contributed by atoms with Crippen molar-refractivity contribution in [1.82, 2.24) is 9.88 Å². The molecule has 6 rings (SSSR count).